The van der Waals surface area contributed by atoms with Crippen LogP contribution in [0.15, 0.2) is 0 Å². The smallest absolute Gasteiger partial charge is 0.167 e. The van der Waals surface area contributed by atoms with Crippen molar-refractivity contribution in [1.82, 2.24) is 0 Å². The van der Waals surface area contributed by atoms with Gasteiger partial charge in [-0.2, -0.15) is 0 Å². The van der Waals surface area contributed by atoms with Crippen molar-refractivity contribution in [3.05, 3.63) is 0 Å². The van der Waals surface area contributed by atoms with E-state index in [1.807, 2.05) is 0 Å². The number of hydrogen-bond donors (Lipinski definition) is 1. The highest BCUT2D eigenvalue weighted by Gasteiger charge is 2.23. The molecule has 0 aliphatic heterocycles. The Hall–Kier alpha value is 0.137. The predicted molar refractivity (Wildman–Crippen MR) is 68.9 cm³/mol. The zero-order chi connectivity index (χ0) is 11.7. The Bertz CT molecular complexity index is 147. The third-order valence-electron chi connectivity index (χ3n) is 3.23. The summed E-state index contributed by atoms with van der Waals surface area (Å²) in [4.78, 5) is 0. The quantitative estimate of drug-likeness (QED) is 0.489. The summed E-state index contributed by atoms with van der Waals surface area (Å²) in [5.74, 6) is 0.721. The SMILES string of the molecule is CC(C)C(C)(C)[SiH2]OCCCCCCO. The van der Waals surface area contributed by atoms with Gasteiger partial charge in [0.05, 0.1) is 0 Å². The zero-order valence-electron chi connectivity index (χ0n) is 10.9. The van der Waals surface area contributed by atoms with E-state index in [0.29, 0.717) is 11.6 Å². The summed E-state index contributed by atoms with van der Waals surface area (Å²) in [6.45, 7) is 10.4. The van der Waals surface area contributed by atoms with Crippen LogP contribution < -0.4 is 0 Å². The lowest BCUT2D eigenvalue weighted by Gasteiger charge is -2.28. The summed E-state index contributed by atoms with van der Waals surface area (Å²) in [5, 5.41) is 9.03. The Morgan fingerprint density at radius 3 is 2.27 bits per heavy atom. The van der Waals surface area contributed by atoms with Gasteiger partial charge >= 0.3 is 0 Å². The third kappa shape index (κ3) is 8.00. The fourth-order valence-corrected chi connectivity index (χ4v) is 2.38. The van der Waals surface area contributed by atoms with Crippen molar-refractivity contribution < 1.29 is 9.53 Å². The first-order valence-electron chi connectivity index (χ1n) is 6.19. The molecule has 0 amide bonds. The minimum Gasteiger partial charge on any atom is -0.423 e. The topological polar surface area (TPSA) is 29.5 Å². The molecule has 0 aromatic heterocycles. The highest BCUT2D eigenvalue weighted by molar-refractivity contribution is 6.32. The maximum Gasteiger partial charge on any atom is 0.167 e. The van der Waals surface area contributed by atoms with Gasteiger partial charge in [-0.15, -0.1) is 0 Å². The molecule has 0 bridgehead atoms. The molecular formula is C12H28O2Si. The normalized spacial score (nSPS) is 13.2. The molecule has 2 nitrogen and oxygen atoms in total. The molecule has 15 heavy (non-hydrogen) atoms. The van der Waals surface area contributed by atoms with Crippen molar-refractivity contribution in [2.45, 2.75) is 58.4 Å². The summed E-state index contributed by atoms with van der Waals surface area (Å²) in [6.07, 6.45) is 4.42. The van der Waals surface area contributed by atoms with Crippen molar-refractivity contribution in [1.29, 1.82) is 0 Å². The molecule has 0 saturated carbocycles. The van der Waals surface area contributed by atoms with Crippen LogP contribution in [-0.2, 0) is 4.43 Å². The second-order valence-corrected chi connectivity index (χ2v) is 7.85. The fourth-order valence-electron chi connectivity index (χ4n) is 1.17. The molecule has 92 valence electrons. The number of aliphatic hydroxyl groups is 1. The molecule has 1 N–H and O–H groups in total. The molecule has 0 aromatic rings. The van der Waals surface area contributed by atoms with E-state index in [1.165, 1.54) is 6.42 Å². The van der Waals surface area contributed by atoms with Gasteiger partial charge in [-0.1, -0.05) is 40.5 Å². The average Bonchev–Trinajstić information content (AvgIpc) is 2.16. The Kier molecular flexibility index (Phi) is 8.38. The van der Waals surface area contributed by atoms with E-state index in [9.17, 15) is 0 Å². The molecule has 0 heterocycles. The van der Waals surface area contributed by atoms with E-state index >= 15 is 0 Å². The fraction of sp³-hybridized carbons (Fsp3) is 1.00. The van der Waals surface area contributed by atoms with Crippen molar-refractivity contribution in [2.24, 2.45) is 5.92 Å². The third-order valence-corrected chi connectivity index (χ3v) is 5.29. The Balaban J connectivity index is 3.31. The monoisotopic (exact) mass is 232 g/mol. The summed E-state index contributed by atoms with van der Waals surface area (Å²) in [6, 6.07) is 0. The lowest BCUT2D eigenvalue weighted by Crippen LogP contribution is -2.22. The molecule has 0 atom stereocenters. The van der Waals surface area contributed by atoms with E-state index < -0.39 is 9.76 Å². The molecule has 0 rings (SSSR count). The molecule has 0 aliphatic rings. The summed E-state index contributed by atoms with van der Waals surface area (Å²) in [5.41, 5.74) is 0. The van der Waals surface area contributed by atoms with Crippen LogP contribution in [0, 0.1) is 5.92 Å². The summed E-state index contributed by atoms with van der Waals surface area (Å²) < 4.78 is 5.82. The maximum atomic E-state index is 8.61. The summed E-state index contributed by atoms with van der Waals surface area (Å²) >= 11 is 0. The van der Waals surface area contributed by atoms with Crippen molar-refractivity contribution >= 4 is 9.76 Å². The lowest BCUT2D eigenvalue weighted by molar-refractivity contribution is 0.270. The predicted octanol–water partition coefficient (Wildman–Crippen LogP) is 2.49. The molecule has 0 saturated heterocycles. The molecule has 0 aromatic carbocycles. The largest absolute Gasteiger partial charge is 0.423 e. The summed E-state index contributed by atoms with van der Waals surface area (Å²) in [7, 11) is -0.397. The van der Waals surface area contributed by atoms with Crippen LogP contribution in [-0.4, -0.2) is 28.1 Å². The van der Waals surface area contributed by atoms with Gasteiger partial charge in [-0.25, -0.2) is 0 Å². The number of hydrogen-bond acceptors (Lipinski definition) is 2. The number of rotatable bonds is 9. The van der Waals surface area contributed by atoms with Crippen molar-refractivity contribution in [2.75, 3.05) is 13.2 Å². The van der Waals surface area contributed by atoms with Gasteiger partial charge in [-0.3, -0.25) is 0 Å². The molecule has 0 aliphatic carbocycles. The van der Waals surface area contributed by atoms with Crippen LogP contribution in [0.5, 0.6) is 0 Å². The second kappa shape index (κ2) is 8.31. The molecule has 0 radical (unpaired) electrons. The number of aliphatic hydroxyl groups excluding tert-OH is 1. The molecule has 3 heteroatoms. The zero-order valence-corrected chi connectivity index (χ0v) is 12.3. The minimum absolute atomic E-state index is 0.329. The van der Waals surface area contributed by atoms with Crippen LogP contribution in [0.4, 0.5) is 0 Å². The van der Waals surface area contributed by atoms with Gasteiger partial charge < -0.3 is 9.53 Å². The first-order chi connectivity index (χ1) is 7.00. The highest BCUT2D eigenvalue weighted by atomic mass is 28.2. The van der Waals surface area contributed by atoms with Crippen LogP contribution in [0.2, 0.25) is 5.04 Å². The van der Waals surface area contributed by atoms with E-state index in [-0.39, 0.29) is 0 Å². The number of unbranched alkanes of at least 4 members (excludes halogenated alkanes) is 3. The highest BCUT2D eigenvalue weighted by Crippen LogP contribution is 2.32. The Morgan fingerprint density at radius 2 is 1.73 bits per heavy atom. The molecule has 0 unspecified atom stereocenters. The van der Waals surface area contributed by atoms with Gasteiger partial charge in [-0.05, 0) is 23.8 Å². The van der Waals surface area contributed by atoms with E-state index in [0.717, 1.165) is 31.8 Å². The standard InChI is InChI=1S/C12H28O2Si/c1-11(2)12(3,4)15-14-10-8-6-5-7-9-13/h11,13H,5-10,15H2,1-4H3. The van der Waals surface area contributed by atoms with E-state index in [4.69, 9.17) is 9.53 Å². The van der Waals surface area contributed by atoms with Crippen LogP contribution in [0.1, 0.15) is 53.4 Å². The van der Waals surface area contributed by atoms with Crippen LogP contribution in [0.3, 0.4) is 0 Å². The minimum atomic E-state index is -0.397. The van der Waals surface area contributed by atoms with Gasteiger partial charge in [0.2, 0.25) is 0 Å². The van der Waals surface area contributed by atoms with Gasteiger partial charge in [0.1, 0.15) is 0 Å². The average molecular weight is 232 g/mol. The van der Waals surface area contributed by atoms with Gasteiger partial charge in [0.15, 0.2) is 9.76 Å². The van der Waals surface area contributed by atoms with E-state index in [1.54, 1.807) is 0 Å². The second-order valence-electron chi connectivity index (χ2n) is 5.33. The van der Waals surface area contributed by atoms with Crippen LogP contribution in [0.25, 0.3) is 0 Å². The first-order valence-corrected chi connectivity index (χ1v) is 7.47. The van der Waals surface area contributed by atoms with E-state index in [2.05, 4.69) is 27.7 Å². The molecule has 0 spiro atoms. The van der Waals surface area contributed by atoms with Crippen LogP contribution >= 0.6 is 0 Å². The Labute approximate surface area is 97.4 Å². The lowest BCUT2D eigenvalue weighted by atomic mass is 9.99. The Morgan fingerprint density at radius 1 is 1.13 bits per heavy atom. The molecule has 0 fully saturated rings. The van der Waals surface area contributed by atoms with Crippen molar-refractivity contribution in [3.8, 4) is 0 Å². The van der Waals surface area contributed by atoms with Crippen molar-refractivity contribution in [3.63, 3.8) is 0 Å². The maximum absolute atomic E-state index is 8.61. The molecular weight excluding hydrogens is 204 g/mol. The van der Waals surface area contributed by atoms with Gasteiger partial charge in [0.25, 0.3) is 0 Å². The van der Waals surface area contributed by atoms with Gasteiger partial charge in [0, 0.05) is 13.2 Å². The first kappa shape index (κ1) is 15.1.